The van der Waals surface area contributed by atoms with Crippen molar-refractivity contribution < 1.29 is 9.13 Å². The molecule has 0 heterocycles. The summed E-state index contributed by atoms with van der Waals surface area (Å²) in [5, 5.41) is 3.38. The van der Waals surface area contributed by atoms with Gasteiger partial charge < -0.3 is 10.1 Å². The van der Waals surface area contributed by atoms with E-state index in [4.69, 9.17) is 4.74 Å². The van der Waals surface area contributed by atoms with E-state index in [-0.39, 0.29) is 11.9 Å². The van der Waals surface area contributed by atoms with Crippen molar-refractivity contribution in [2.45, 2.75) is 40.0 Å². The zero-order chi connectivity index (χ0) is 15.2. The molecule has 0 atom stereocenters. The molecule has 0 radical (unpaired) electrons. The van der Waals surface area contributed by atoms with E-state index in [1.165, 1.54) is 11.6 Å². The topological polar surface area (TPSA) is 21.3 Å². The number of hydrogen-bond donors (Lipinski definition) is 1. The van der Waals surface area contributed by atoms with Crippen molar-refractivity contribution >= 4 is 0 Å². The van der Waals surface area contributed by atoms with E-state index in [0.717, 1.165) is 30.0 Å². The molecule has 0 fully saturated rings. The summed E-state index contributed by atoms with van der Waals surface area (Å²) >= 11 is 0. The van der Waals surface area contributed by atoms with Crippen molar-refractivity contribution in [2.24, 2.45) is 0 Å². The third kappa shape index (κ3) is 4.87. The summed E-state index contributed by atoms with van der Waals surface area (Å²) < 4.78 is 18.6. The van der Waals surface area contributed by atoms with Gasteiger partial charge in [0, 0.05) is 13.1 Å². The quantitative estimate of drug-likeness (QED) is 0.859. The van der Waals surface area contributed by atoms with Crippen molar-refractivity contribution in [3.05, 3.63) is 65.0 Å². The van der Waals surface area contributed by atoms with Crippen LogP contribution in [0.25, 0.3) is 0 Å². The van der Waals surface area contributed by atoms with Gasteiger partial charge in [-0.1, -0.05) is 18.2 Å². The van der Waals surface area contributed by atoms with E-state index < -0.39 is 0 Å². The van der Waals surface area contributed by atoms with Gasteiger partial charge in [-0.3, -0.25) is 0 Å². The molecular formula is C18H22FNO. The maximum absolute atomic E-state index is 13.0. The molecule has 2 nitrogen and oxygen atoms in total. The standard InChI is InChI=1S/C18H22FNO/c1-13(2)21-18-8-4-15(5-9-18)11-20-12-16-6-7-17(19)10-14(16)3/h4-10,13,20H,11-12H2,1-3H3. The minimum atomic E-state index is -0.183. The Bertz CT molecular complexity index is 578. The number of rotatable bonds is 6. The predicted octanol–water partition coefficient (Wildman–Crippen LogP) is 4.21. The first-order valence-electron chi connectivity index (χ1n) is 7.26. The molecule has 0 aliphatic rings. The van der Waals surface area contributed by atoms with Gasteiger partial charge in [-0.2, -0.15) is 0 Å². The third-order valence-electron chi connectivity index (χ3n) is 3.24. The molecule has 0 amide bonds. The molecule has 21 heavy (non-hydrogen) atoms. The first kappa shape index (κ1) is 15.5. The van der Waals surface area contributed by atoms with Gasteiger partial charge >= 0.3 is 0 Å². The Labute approximate surface area is 126 Å². The molecule has 112 valence electrons. The van der Waals surface area contributed by atoms with Crippen LogP contribution in [0.5, 0.6) is 5.75 Å². The van der Waals surface area contributed by atoms with Crippen LogP contribution >= 0.6 is 0 Å². The predicted molar refractivity (Wildman–Crippen MR) is 83.9 cm³/mol. The van der Waals surface area contributed by atoms with E-state index in [0.29, 0.717) is 0 Å². The van der Waals surface area contributed by atoms with Crippen LogP contribution in [0, 0.1) is 12.7 Å². The molecule has 2 rings (SSSR count). The molecule has 0 bridgehead atoms. The average molecular weight is 287 g/mol. The molecule has 0 unspecified atom stereocenters. The number of hydrogen-bond acceptors (Lipinski definition) is 2. The number of aryl methyl sites for hydroxylation is 1. The number of benzene rings is 2. The SMILES string of the molecule is Cc1cc(F)ccc1CNCc1ccc(OC(C)C)cc1. The lowest BCUT2D eigenvalue weighted by Gasteiger charge is -2.11. The maximum Gasteiger partial charge on any atom is 0.123 e. The fourth-order valence-electron chi connectivity index (χ4n) is 2.16. The Balaban J connectivity index is 1.85. The number of ether oxygens (including phenoxy) is 1. The van der Waals surface area contributed by atoms with Crippen LogP contribution in [0.15, 0.2) is 42.5 Å². The van der Waals surface area contributed by atoms with Crippen molar-refractivity contribution in [1.82, 2.24) is 5.32 Å². The lowest BCUT2D eigenvalue weighted by molar-refractivity contribution is 0.242. The molecule has 0 saturated carbocycles. The third-order valence-corrected chi connectivity index (χ3v) is 3.24. The first-order chi connectivity index (χ1) is 10.0. The summed E-state index contributed by atoms with van der Waals surface area (Å²) in [6, 6.07) is 13.0. The van der Waals surface area contributed by atoms with E-state index >= 15 is 0 Å². The Morgan fingerprint density at radius 2 is 1.76 bits per heavy atom. The molecular weight excluding hydrogens is 265 g/mol. The van der Waals surface area contributed by atoms with Crippen LogP contribution in [0.4, 0.5) is 4.39 Å². The second-order valence-electron chi connectivity index (χ2n) is 5.48. The molecule has 3 heteroatoms. The Kier molecular flexibility index (Phi) is 5.34. The number of halogens is 1. The van der Waals surface area contributed by atoms with E-state index in [2.05, 4.69) is 17.4 Å². The van der Waals surface area contributed by atoms with Crippen molar-refractivity contribution in [1.29, 1.82) is 0 Å². The van der Waals surface area contributed by atoms with Crippen molar-refractivity contribution in [2.75, 3.05) is 0 Å². The van der Waals surface area contributed by atoms with Crippen LogP contribution in [-0.2, 0) is 13.1 Å². The zero-order valence-electron chi connectivity index (χ0n) is 12.8. The summed E-state index contributed by atoms with van der Waals surface area (Å²) in [6.07, 6.45) is 0.190. The van der Waals surface area contributed by atoms with Gasteiger partial charge in [-0.15, -0.1) is 0 Å². The molecule has 2 aromatic rings. The summed E-state index contributed by atoms with van der Waals surface area (Å²) in [7, 11) is 0. The summed E-state index contributed by atoms with van der Waals surface area (Å²) in [4.78, 5) is 0. The lowest BCUT2D eigenvalue weighted by atomic mass is 10.1. The van der Waals surface area contributed by atoms with Gasteiger partial charge in [-0.25, -0.2) is 4.39 Å². The molecule has 0 spiro atoms. The minimum Gasteiger partial charge on any atom is -0.491 e. The molecule has 0 saturated heterocycles. The fourth-order valence-corrected chi connectivity index (χ4v) is 2.16. The smallest absolute Gasteiger partial charge is 0.123 e. The van der Waals surface area contributed by atoms with Crippen LogP contribution in [-0.4, -0.2) is 6.10 Å². The van der Waals surface area contributed by atoms with E-state index in [1.807, 2.05) is 39.0 Å². The second-order valence-corrected chi connectivity index (χ2v) is 5.48. The lowest BCUT2D eigenvalue weighted by Crippen LogP contribution is -2.13. The molecule has 0 aliphatic heterocycles. The monoisotopic (exact) mass is 287 g/mol. The largest absolute Gasteiger partial charge is 0.491 e. The van der Waals surface area contributed by atoms with Crippen LogP contribution < -0.4 is 10.1 Å². The second kappa shape index (κ2) is 7.23. The Morgan fingerprint density at radius 1 is 1.05 bits per heavy atom. The first-order valence-corrected chi connectivity index (χ1v) is 7.26. The van der Waals surface area contributed by atoms with E-state index in [9.17, 15) is 4.39 Å². The fraction of sp³-hybridized carbons (Fsp3) is 0.333. The normalized spacial score (nSPS) is 10.9. The van der Waals surface area contributed by atoms with Gasteiger partial charge in [0.1, 0.15) is 11.6 Å². The average Bonchev–Trinajstić information content (AvgIpc) is 2.42. The highest BCUT2D eigenvalue weighted by atomic mass is 19.1. The van der Waals surface area contributed by atoms with Crippen molar-refractivity contribution in [3.8, 4) is 5.75 Å². The summed E-state index contributed by atoms with van der Waals surface area (Å²) in [5.41, 5.74) is 3.30. The molecule has 1 N–H and O–H groups in total. The van der Waals surface area contributed by atoms with Crippen LogP contribution in [0.3, 0.4) is 0 Å². The van der Waals surface area contributed by atoms with E-state index in [1.54, 1.807) is 6.07 Å². The maximum atomic E-state index is 13.0. The van der Waals surface area contributed by atoms with Gasteiger partial charge in [0.05, 0.1) is 6.10 Å². The van der Waals surface area contributed by atoms with Crippen LogP contribution in [0.1, 0.15) is 30.5 Å². The summed E-state index contributed by atoms with van der Waals surface area (Å²) in [6.45, 7) is 7.47. The van der Waals surface area contributed by atoms with Gasteiger partial charge in [0.25, 0.3) is 0 Å². The molecule has 0 aliphatic carbocycles. The van der Waals surface area contributed by atoms with Gasteiger partial charge in [0.15, 0.2) is 0 Å². The summed E-state index contributed by atoms with van der Waals surface area (Å²) in [5.74, 6) is 0.708. The highest BCUT2D eigenvalue weighted by molar-refractivity contribution is 5.28. The molecule has 2 aromatic carbocycles. The highest BCUT2D eigenvalue weighted by Crippen LogP contribution is 2.14. The van der Waals surface area contributed by atoms with Crippen molar-refractivity contribution in [3.63, 3.8) is 0 Å². The van der Waals surface area contributed by atoms with Gasteiger partial charge in [-0.05, 0) is 61.7 Å². The Morgan fingerprint density at radius 3 is 2.38 bits per heavy atom. The molecule has 0 aromatic heterocycles. The Hall–Kier alpha value is -1.87. The van der Waals surface area contributed by atoms with Gasteiger partial charge in [0.2, 0.25) is 0 Å². The van der Waals surface area contributed by atoms with Crippen LogP contribution in [0.2, 0.25) is 0 Å². The number of nitrogens with one attached hydrogen (secondary N) is 1. The minimum absolute atomic E-state index is 0.183. The highest BCUT2D eigenvalue weighted by Gasteiger charge is 2.01. The zero-order valence-corrected chi connectivity index (χ0v) is 12.8.